The number of hydrogen-bond donors (Lipinski definition) is 1. The molecule has 0 bridgehead atoms. The molecule has 1 fully saturated rings. The number of aryl methyl sites for hydroxylation is 1. The van der Waals surface area contributed by atoms with E-state index in [2.05, 4.69) is 5.32 Å². The van der Waals surface area contributed by atoms with Gasteiger partial charge < -0.3 is 29.0 Å². The summed E-state index contributed by atoms with van der Waals surface area (Å²) in [6.07, 6.45) is 3.22. The highest BCUT2D eigenvalue weighted by molar-refractivity contribution is 6.00. The Morgan fingerprint density at radius 3 is 2.42 bits per heavy atom. The van der Waals surface area contributed by atoms with Crippen molar-refractivity contribution in [3.05, 3.63) is 34.1 Å². The minimum absolute atomic E-state index is 0.0336. The van der Waals surface area contributed by atoms with Crippen LogP contribution in [-0.2, 0) is 20.9 Å². The van der Waals surface area contributed by atoms with Gasteiger partial charge >= 0.3 is 5.97 Å². The van der Waals surface area contributed by atoms with Crippen LogP contribution >= 0.6 is 0 Å². The Balaban J connectivity index is 1.59. The molecule has 1 N–H and O–H groups in total. The molecule has 2 amide bonds. The van der Waals surface area contributed by atoms with Gasteiger partial charge in [-0.25, -0.2) is 0 Å². The first-order valence-electron chi connectivity index (χ1n) is 12.4. The van der Waals surface area contributed by atoms with Gasteiger partial charge in [-0.2, -0.15) is 0 Å². The summed E-state index contributed by atoms with van der Waals surface area (Å²) in [6, 6.07) is 2.55. The SMILES string of the molecule is CC[C@@H](C)[C@H](NC(=O)c1cn(CC)c2cc3c(cc2c1=O)OCO3)C(=O)N1CCC(C(=O)OC)CC1. The van der Waals surface area contributed by atoms with E-state index in [1.807, 2.05) is 25.3 Å². The van der Waals surface area contributed by atoms with Gasteiger partial charge in [0.15, 0.2) is 11.5 Å². The first-order valence-corrected chi connectivity index (χ1v) is 12.4. The fourth-order valence-corrected chi connectivity index (χ4v) is 4.80. The molecule has 4 rings (SSSR count). The molecule has 2 aliphatic rings. The van der Waals surface area contributed by atoms with Crippen molar-refractivity contribution >= 4 is 28.7 Å². The van der Waals surface area contributed by atoms with Crippen molar-refractivity contribution in [1.82, 2.24) is 14.8 Å². The van der Waals surface area contributed by atoms with Crippen molar-refractivity contribution in [3.63, 3.8) is 0 Å². The number of ether oxygens (including phenoxy) is 3. The molecule has 0 spiro atoms. The zero-order valence-corrected chi connectivity index (χ0v) is 21.2. The fraction of sp³-hybridized carbons (Fsp3) is 0.538. The second-order valence-corrected chi connectivity index (χ2v) is 9.34. The summed E-state index contributed by atoms with van der Waals surface area (Å²) in [7, 11) is 1.36. The number of piperidine rings is 1. The second-order valence-electron chi connectivity index (χ2n) is 9.34. The van der Waals surface area contributed by atoms with E-state index >= 15 is 0 Å². The van der Waals surface area contributed by atoms with Crippen LogP contribution in [0.3, 0.4) is 0 Å². The molecule has 10 nitrogen and oxygen atoms in total. The number of likely N-dealkylation sites (tertiary alicyclic amines) is 1. The molecule has 1 aromatic carbocycles. The smallest absolute Gasteiger partial charge is 0.308 e. The summed E-state index contributed by atoms with van der Waals surface area (Å²) in [6.45, 7) is 7.19. The van der Waals surface area contributed by atoms with Crippen LogP contribution in [0.2, 0.25) is 0 Å². The molecule has 2 atom stereocenters. The number of benzene rings is 1. The molecule has 1 aromatic heterocycles. The van der Waals surface area contributed by atoms with Crippen molar-refractivity contribution in [2.24, 2.45) is 11.8 Å². The van der Waals surface area contributed by atoms with Crippen molar-refractivity contribution in [2.75, 3.05) is 27.0 Å². The minimum Gasteiger partial charge on any atom is -0.469 e. The third-order valence-electron chi connectivity index (χ3n) is 7.27. The second kappa shape index (κ2) is 10.6. The lowest BCUT2D eigenvalue weighted by Gasteiger charge is -2.35. The highest BCUT2D eigenvalue weighted by Gasteiger charge is 2.34. The van der Waals surface area contributed by atoms with Gasteiger partial charge in [-0.05, 0) is 31.7 Å². The highest BCUT2D eigenvalue weighted by atomic mass is 16.7. The highest BCUT2D eigenvalue weighted by Crippen LogP contribution is 2.35. The molecule has 36 heavy (non-hydrogen) atoms. The summed E-state index contributed by atoms with van der Waals surface area (Å²) in [5.74, 6) is -0.424. The van der Waals surface area contributed by atoms with E-state index in [0.717, 1.165) is 0 Å². The van der Waals surface area contributed by atoms with Crippen molar-refractivity contribution in [1.29, 1.82) is 0 Å². The van der Waals surface area contributed by atoms with E-state index < -0.39 is 17.4 Å². The number of methoxy groups -OCH3 is 1. The number of amides is 2. The largest absolute Gasteiger partial charge is 0.469 e. The number of pyridine rings is 1. The van der Waals surface area contributed by atoms with Crippen LogP contribution in [0.15, 0.2) is 23.1 Å². The van der Waals surface area contributed by atoms with E-state index in [-0.39, 0.29) is 36.1 Å². The third-order valence-corrected chi connectivity index (χ3v) is 7.27. The van der Waals surface area contributed by atoms with Gasteiger partial charge in [-0.15, -0.1) is 0 Å². The molecule has 10 heteroatoms. The van der Waals surface area contributed by atoms with E-state index in [9.17, 15) is 19.2 Å². The number of fused-ring (bicyclic) bond motifs is 2. The minimum atomic E-state index is -0.792. The molecule has 0 radical (unpaired) electrons. The number of nitrogens with zero attached hydrogens (tertiary/aromatic N) is 2. The van der Waals surface area contributed by atoms with E-state index in [1.54, 1.807) is 17.0 Å². The normalized spacial score (nSPS) is 17.1. The zero-order valence-electron chi connectivity index (χ0n) is 21.2. The molecular weight excluding hydrogens is 466 g/mol. The van der Waals surface area contributed by atoms with Gasteiger partial charge in [-0.1, -0.05) is 20.3 Å². The van der Waals surface area contributed by atoms with Crippen molar-refractivity contribution in [2.45, 2.75) is 52.6 Å². The number of nitrogens with one attached hydrogen (secondary N) is 1. The van der Waals surface area contributed by atoms with Crippen LogP contribution in [0, 0.1) is 11.8 Å². The van der Waals surface area contributed by atoms with Gasteiger partial charge in [0, 0.05) is 31.9 Å². The van der Waals surface area contributed by atoms with Gasteiger partial charge in [0.05, 0.1) is 23.9 Å². The van der Waals surface area contributed by atoms with E-state index in [1.165, 1.54) is 13.3 Å². The predicted octanol–water partition coefficient (Wildman–Crippen LogP) is 2.31. The quantitative estimate of drug-likeness (QED) is 0.581. The molecule has 1 saturated heterocycles. The Morgan fingerprint density at radius 2 is 1.81 bits per heavy atom. The first kappa shape index (κ1) is 25.5. The van der Waals surface area contributed by atoms with Crippen molar-refractivity contribution in [3.8, 4) is 11.5 Å². The zero-order chi connectivity index (χ0) is 26.0. The van der Waals surface area contributed by atoms with Crippen LogP contribution in [0.5, 0.6) is 11.5 Å². The van der Waals surface area contributed by atoms with Gasteiger partial charge in [0.1, 0.15) is 11.6 Å². The maximum atomic E-state index is 13.4. The maximum absolute atomic E-state index is 13.4. The molecule has 0 aliphatic carbocycles. The Bertz CT molecular complexity index is 1230. The molecule has 194 valence electrons. The average Bonchev–Trinajstić information content (AvgIpc) is 3.37. The van der Waals surface area contributed by atoms with Crippen LogP contribution < -0.4 is 20.2 Å². The molecule has 0 saturated carbocycles. The Hall–Kier alpha value is -3.56. The van der Waals surface area contributed by atoms with E-state index in [4.69, 9.17) is 14.2 Å². The lowest BCUT2D eigenvalue weighted by Crippen LogP contribution is -2.54. The predicted molar refractivity (Wildman–Crippen MR) is 132 cm³/mol. The standard InChI is InChI=1S/C26H33N3O7/c1-5-15(3)22(25(32)29-9-7-16(8-10-29)26(33)34-4)27-24(31)18-13-28(6-2)19-12-21-20(35-14-36-21)11-17(19)23(18)30/h11-13,15-16,22H,5-10,14H2,1-4H3,(H,27,31)/t15-,22+/m1/s1. The van der Waals surface area contributed by atoms with Crippen LogP contribution in [0.25, 0.3) is 10.9 Å². The molecule has 3 heterocycles. The Labute approximate surface area is 209 Å². The monoisotopic (exact) mass is 499 g/mol. The Morgan fingerprint density at radius 1 is 1.14 bits per heavy atom. The van der Waals surface area contributed by atoms with Crippen LogP contribution in [0.4, 0.5) is 0 Å². The lowest BCUT2D eigenvalue weighted by atomic mass is 9.93. The fourth-order valence-electron chi connectivity index (χ4n) is 4.80. The topological polar surface area (TPSA) is 116 Å². The number of rotatable bonds is 7. The number of aromatic nitrogens is 1. The molecule has 2 aliphatic heterocycles. The lowest BCUT2D eigenvalue weighted by molar-refractivity contribution is -0.149. The Kier molecular flexibility index (Phi) is 7.51. The summed E-state index contributed by atoms with van der Waals surface area (Å²) >= 11 is 0. The number of carbonyl (C=O) groups excluding carboxylic acids is 3. The van der Waals surface area contributed by atoms with Crippen LogP contribution in [0.1, 0.15) is 50.4 Å². The number of carbonyl (C=O) groups is 3. The van der Waals surface area contributed by atoms with E-state index in [0.29, 0.717) is 61.3 Å². The number of esters is 1. The summed E-state index contributed by atoms with van der Waals surface area (Å²) in [5, 5.41) is 3.20. The van der Waals surface area contributed by atoms with Crippen molar-refractivity contribution < 1.29 is 28.6 Å². The first-order chi connectivity index (χ1) is 17.3. The average molecular weight is 500 g/mol. The molecular formula is C26H33N3O7. The maximum Gasteiger partial charge on any atom is 0.308 e. The van der Waals surface area contributed by atoms with Gasteiger partial charge in [-0.3, -0.25) is 19.2 Å². The summed E-state index contributed by atoms with van der Waals surface area (Å²) in [5.41, 5.74) is 0.180. The summed E-state index contributed by atoms with van der Waals surface area (Å²) in [4.78, 5) is 53.7. The molecule has 2 aromatic rings. The third kappa shape index (κ3) is 4.76. The van der Waals surface area contributed by atoms with Gasteiger partial charge in [0.25, 0.3) is 5.91 Å². The molecule has 0 unspecified atom stereocenters. The van der Waals surface area contributed by atoms with Crippen LogP contribution in [-0.4, -0.2) is 60.3 Å². The van der Waals surface area contributed by atoms with Gasteiger partial charge in [0.2, 0.25) is 18.1 Å². The number of hydrogen-bond acceptors (Lipinski definition) is 7. The summed E-state index contributed by atoms with van der Waals surface area (Å²) < 4.78 is 17.5.